The van der Waals surface area contributed by atoms with Gasteiger partial charge in [0, 0.05) is 5.02 Å². The van der Waals surface area contributed by atoms with Gasteiger partial charge < -0.3 is 0 Å². The minimum absolute atomic E-state index is 0.127. The number of hydrogen-bond acceptors (Lipinski definition) is 0. The van der Waals surface area contributed by atoms with Crippen LogP contribution in [0, 0.1) is 5.82 Å². The van der Waals surface area contributed by atoms with Gasteiger partial charge in [-0.05, 0) is 41.8 Å². The van der Waals surface area contributed by atoms with Crippen LogP contribution in [0.1, 0.15) is 16.5 Å². The maximum absolute atomic E-state index is 12.7. The lowest BCUT2D eigenvalue weighted by Gasteiger charge is -2.10. The van der Waals surface area contributed by atoms with Crippen molar-refractivity contribution >= 4 is 23.2 Å². The van der Waals surface area contributed by atoms with Crippen molar-refractivity contribution in [2.24, 2.45) is 0 Å². The fraction of sp³-hybridized carbons (Fsp3) is 0.143. The molecule has 0 aliphatic rings. The first kappa shape index (κ1) is 12.4. The normalized spacial score (nSPS) is 12.4. The highest BCUT2D eigenvalue weighted by atomic mass is 35.5. The molecule has 0 saturated carbocycles. The third-order valence-electron chi connectivity index (χ3n) is 2.56. The predicted octanol–water partition coefficient (Wildman–Crippen LogP) is 5.00. The van der Waals surface area contributed by atoms with Crippen LogP contribution in [-0.4, -0.2) is 0 Å². The Balaban J connectivity index is 2.08. The predicted molar refractivity (Wildman–Crippen MR) is 70.2 cm³/mol. The van der Waals surface area contributed by atoms with E-state index in [4.69, 9.17) is 23.2 Å². The highest BCUT2D eigenvalue weighted by molar-refractivity contribution is 6.30. The van der Waals surface area contributed by atoms with E-state index in [1.807, 2.05) is 24.3 Å². The van der Waals surface area contributed by atoms with Crippen molar-refractivity contribution in [3.8, 4) is 0 Å². The molecule has 0 saturated heterocycles. The molecule has 0 aliphatic heterocycles. The van der Waals surface area contributed by atoms with E-state index in [1.54, 1.807) is 12.1 Å². The summed E-state index contributed by atoms with van der Waals surface area (Å²) in [5.74, 6) is -0.230. The summed E-state index contributed by atoms with van der Waals surface area (Å²) < 4.78 is 12.7. The van der Waals surface area contributed by atoms with E-state index in [2.05, 4.69) is 0 Å². The van der Waals surface area contributed by atoms with Crippen molar-refractivity contribution in [3.63, 3.8) is 0 Å². The third kappa shape index (κ3) is 3.45. The SMILES string of the molecule is Fc1ccc(CC(Cl)c2ccc(Cl)cc2)cc1. The first-order chi connectivity index (χ1) is 8.15. The largest absolute Gasteiger partial charge is 0.207 e. The zero-order valence-corrected chi connectivity index (χ0v) is 10.5. The molecule has 0 fully saturated rings. The fourth-order valence-electron chi connectivity index (χ4n) is 1.62. The monoisotopic (exact) mass is 268 g/mol. The highest BCUT2D eigenvalue weighted by Crippen LogP contribution is 2.26. The topological polar surface area (TPSA) is 0 Å². The van der Waals surface area contributed by atoms with Gasteiger partial charge in [0.2, 0.25) is 0 Å². The van der Waals surface area contributed by atoms with Crippen LogP contribution in [0.3, 0.4) is 0 Å². The molecule has 0 aromatic heterocycles. The van der Waals surface area contributed by atoms with Crippen LogP contribution in [-0.2, 0) is 6.42 Å². The van der Waals surface area contributed by atoms with E-state index in [1.165, 1.54) is 12.1 Å². The summed E-state index contributed by atoms with van der Waals surface area (Å²) in [5.41, 5.74) is 2.03. The van der Waals surface area contributed by atoms with Gasteiger partial charge in [-0.25, -0.2) is 4.39 Å². The summed E-state index contributed by atoms with van der Waals surface area (Å²) in [6.07, 6.45) is 0.670. The van der Waals surface area contributed by atoms with Gasteiger partial charge in [-0.3, -0.25) is 0 Å². The summed E-state index contributed by atoms with van der Waals surface area (Å²) in [6, 6.07) is 13.8. The Kier molecular flexibility index (Phi) is 4.03. The average Bonchev–Trinajstić information content (AvgIpc) is 2.33. The molecular formula is C14H11Cl2F. The summed E-state index contributed by atoms with van der Waals surface area (Å²) >= 11 is 12.1. The van der Waals surface area contributed by atoms with Crippen LogP contribution in [0.4, 0.5) is 4.39 Å². The van der Waals surface area contributed by atoms with Crippen molar-refractivity contribution in [3.05, 3.63) is 70.5 Å². The third-order valence-corrected chi connectivity index (χ3v) is 3.22. The number of halogens is 3. The zero-order valence-electron chi connectivity index (χ0n) is 9.04. The Bertz CT molecular complexity index is 477. The van der Waals surface area contributed by atoms with Crippen molar-refractivity contribution in [2.75, 3.05) is 0 Å². The van der Waals surface area contributed by atoms with Gasteiger partial charge in [0.15, 0.2) is 0 Å². The van der Waals surface area contributed by atoms with E-state index < -0.39 is 0 Å². The fourth-order valence-corrected chi connectivity index (χ4v) is 2.07. The van der Waals surface area contributed by atoms with Gasteiger partial charge in [0.1, 0.15) is 5.82 Å². The van der Waals surface area contributed by atoms with Crippen LogP contribution in [0.5, 0.6) is 0 Å². The van der Waals surface area contributed by atoms with Gasteiger partial charge in [0.25, 0.3) is 0 Å². The molecule has 0 N–H and O–H groups in total. The van der Waals surface area contributed by atoms with E-state index in [9.17, 15) is 4.39 Å². The molecule has 0 radical (unpaired) electrons. The number of rotatable bonds is 3. The molecule has 0 heterocycles. The van der Waals surface area contributed by atoms with Crippen molar-refractivity contribution in [2.45, 2.75) is 11.8 Å². The molecule has 17 heavy (non-hydrogen) atoms. The van der Waals surface area contributed by atoms with Crippen molar-refractivity contribution in [1.29, 1.82) is 0 Å². The molecule has 0 spiro atoms. The van der Waals surface area contributed by atoms with E-state index >= 15 is 0 Å². The van der Waals surface area contributed by atoms with Crippen LogP contribution < -0.4 is 0 Å². The maximum Gasteiger partial charge on any atom is 0.123 e. The van der Waals surface area contributed by atoms with Crippen LogP contribution in [0.2, 0.25) is 5.02 Å². The lowest BCUT2D eigenvalue weighted by atomic mass is 10.0. The minimum atomic E-state index is -0.230. The molecule has 3 heteroatoms. The number of hydrogen-bond donors (Lipinski definition) is 0. The lowest BCUT2D eigenvalue weighted by molar-refractivity contribution is 0.627. The highest BCUT2D eigenvalue weighted by Gasteiger charge is 2.08. The second kappa shape index (κ2) is 5.52. The molecular weight excluding hydrogens is 258 g/mol. The van der Waals surface area contributed by atoms with Gasteiger partial charge in [0.05, 0.1) is 5.38 Å². The molecule has 1 atom stereocenters. The molecule has 0 aliphatic carbocycles. The van der Waals surface area contributed by atoms with Gasteiger partial charge in [-0.15, -0.1) is 11.6 Å². The molecule has 88 valence electrons. The molecule has 0 bridgehead atoms. The molecule has 0 amide bonds. The van der Waals surface area contributed by atoms with Gasteiger partial charge in [-0.2, -0.15) is 0 Å². The number of benzene rings is 2. The number of alkyl halides is 1. The standard InChI is InChI=1S/C14H11Cl2F/c15-12-5-3-11(4-6-12)14(16)9-10-1-7-13(17)8-2-10/h1-8,14H,9H2. The van der Waals surface area contributed by atoms with Gasteiger partial charge in [-0.1, -0.05) is 35.9 Å². The Hall–Kier alpha value is -1.05. The first-order valence-corrected chi connectivity index (χ1v) is 6.10. The van der Waals surface area contributed by atoms with E-state index in [-0.39, 0.29) is 11.2 Å². The molecule has 2 aromatic carbocycles. The van der Waals surface area contributed by atoms with E-state index in [0.717, 1.165) is 11.1 Å². The smallest absolute Gasteiger partial charge is 0.123 e. The van der Waals surface area contributed by atoms with Crippen molar-refractivity contribution < 1.29 is 4.39 Å². The van der Waals surface area contributed by atoms with Crippen LogP contribution in [0.25, 0.3) is 0 Å². The second-order valence-corrected chi connectivity index (χ2v) is 4.81. The molecule has 2 aromatic rings. The Morgan fingerprint density at radius 2 is 1.53 bits per heavy atom. The van der Waals surface area contributed by atoms with Gasteiger partial charge >= 0.3 is 0 Å². The van der Waals surface area contributed by atoms with Crippen molar-refractivity contribution in [1.82, 2.24) is 0 Å². The summed E-state index contributed by atoms with van der Waals surface area (Å²) in [5, 5.41) is 0.567. The Morgan fingerprint density at radius 3 is 2.12 bits per heavy atom. The zero-order chi connectivity index (χ0) is 12.3. The summed E-state index contributed by atoms with van der Waals surface area (Å²) in [7, 11) is 0. The van der Waals surface area contributed by atoms with E-state index in [0.29, 0.717) is 11.4 Å². The maximum atomic E-state index is 12.7. The second-order valence-electron chi connectivity index (χ2n) is 3.85. The lowest BCUT2D eigenvalue weighted by Crippen LogP contribution is -1.95. The molecule has 0 nitrogen and oxygen atoms in total. The first-order valence-electron chi connectivity index (χ1n) is 5.29. The summed E-state index contributed by atoms with van der Waals surface area (Å²) in [6.45, 7) is 0. The Morgan fingerprint density at radius 1 is 0.941 bits per heavy atom. The minimum Gasteiger partial charge on any atom is -0.207 e. The molecule has 2 rings (SSSR count). The average molecular weight is 269 g/mol. The van der Waals surface area contributed by atoms with Crippen LogP contribution in [0.15, 0.2) is 48.5 Å². The quantitative estimate of drug-likeness (QED) is 0.688. The Labute approximate surface area is 110 Å². The molecule has 1 unspecified atom stereocenters. The van der Waals surface area contributed by atoms with Crippen LogP contribution >= 0.6 is 23.2 Å². The summed E-state index contributed by atoms with van der Waals surface area (Å²) in [4.78, 5) is 0.